The zero-order chi connectivity index (χ0) is 11.0. The van der Waals surface area contributed by atoms with Crippen molar-refractivity contribution in [3.05, 3.63) is 12.4 Å². The summed E-state index contributed by atoms with van der Waals surface area (Å²) in [5.41, 5.74) is 6.35. The van der Waals surface area contributed by atoms with Crippen LogP contribution >= 0.6 is 0 Å². The molecule has 2 unspecified atom stereocenters. The summed E-state index contributed by atoms with van der Waals surface area (Å²) < 4.78 is 13.3. The van der Waals surface area contributed by atoms with Gasteiger partial charge in [-0.15, -0.1) is 0 Å². The lowest BCUT2D eigenvalue weighted by Gasteiger charge is -2.37. The molecule has 2 saturated heterocycles. The van der Waals surface area contributed by atoms with Gasteiger partial charge in [-0.25, -0.2) is 0 Å². The van der Waals surface area contributed by atoms with E-state index in [0.717, 1.165) is 44.8 Å². The zero-order valence-corrected chi connectivity index (χ0v) is 9.26. The maximum absolute atomic E-state index is 5.89. The van der Waals surface area contributed by atoms with E-state index in [0.29, 0.717) is 6.04 Å². The number of nitrogens with zero attached hydrogens (tertiary/aromatic N) is 2. The first-order chi connectivity index (χ1) is 7.77. The highest BCUT2D eigenvalue weighted by Crippen LogP contribution is 2.37. The van der Waals surface area contributed by atoms with Crippen LogP contribution in [0, 0.1) is 0 Å². The summed E-state index contributed by atoms with van der Waals surface area (Å²) >= 11 is 0. The molecule has 0 aliphatic carbocycles. The molecule has 0 aromatic carbocycles. The van der Waals surface area contributed by atoms with E-state index in [9.17, 15) is 0 Å². The first-order valence-corrected chi connectivity index (χ1v) is 5.79. The molecule has 3 heterocycles. The van der Waals surface area contributed by atoms with E-state index >= 15 is 0 Å². The van der Waals surface area contributed by atoms with Crippen molar-refractivity contribution in [1.29, 1.82) is 0 Å². The van der Waals surface area contributed by atoms with Gasteiger partial charge in [0.15, 0.2) is 0 Å². The van der Waals surface area contributed by atoms with Gasteiger partial charge in [0.25, 0.3) is 0 Å². The van der Waals surface area contributed by atoms with Crippen LogP contribution in [0.2, 0.25) is 0 Å². The van der Waals surface area contributed by atoms with E-state index in [1.165, 1.54) is 0 Å². The summed E-state index contributed by atoms with van der Waals surface area (Å²) in [6.45, 7) is 2.32. The van der Waals surface area contributed by atoms with E-state index in [4.69, 9.17) is 15.2 Å². The number of nitrogen functional groups attached to an aromatic ring is 1. The van der Waals surface area contributed by atoms with Crippen molar-refractivity contribution in [2.24, 2.45) is 0 Å². The molecule has 0 saturated carbocycles. The molecule has 5 nitrogen and oxygen atoms in total. The van der Waals surface area contributed by atoms with Crippen LogP contribution in [0.25, 0.3) is 0 Å². The summed E-state index contributed by atoms with van der Waals surface area (Å²) in [5.74, 6) is 0. The van der Waals surface area contributed by atoms with E-state index in [1.807, 2.05) is 10.9 Å². The van der Waals surface area contributed by atoms with Gasteiger partial charge in [-0.2, -0.15) is 5.10 Å². The van der Waals surface area contributed by atoms with Gasteiger partial charge < -0.3 is 15.2 Å². The highest BCUT2D eigenvalue weighted by molar-refractivity contribution is 5.30. The molecule has 2 aliphatic rings. The third kappa shape index (κ3) is 1.70. The minimum absolute atomic E-state index is 0.0658. The van der Waals surface area contributed by atoms with Gasteiger partial charge in [0.2, 0.25) is 0 Å². The van der Waals surface area contributed by atoms with Crippen molar-refractivity contribution in [2.75, 3.05) is 25.6 Å². The van der Waals surface area contributed by atoms with E-state index in [2.05, 4.69) is 5.10 Å². The van der Waals surface area contributed by atoms with Crippen LogP contribution in [0.4, 0.5) is 5.69 Å². The van der Waals surface area contributed by atoms with Gasteiger partial charge in [-0.05, 0) is 6.42 Å². The molecule has 0 amide bonds. The molecule has 0 radical (unpaired) electrons. The molecule has 1 aromatic heterocycles. The zero-order valence-electron chi connectivity index (χ0n) is 9.26. The van der Waals surface area contributed by atoms with Gasteiger partial charge in [0.1, 0.15) is 0 Å². The first-order valence-electron chi connectivity index (χ1n) is 5.79. The van der Waals surface area contributed by atoms with Crippen LogP contribution in [-0.2, 0) is 9.47 Å². The Hall–Kier alpha value is -1.07. The molecular formula is C11H17N3O2. The summed E-state index contributed by atoms with van der Waals surface area (Å²) in [6.07, 6.45) is 6.59. The van der Waals surface area contributed by atoms with Crippen LogP contribution in [0.15, 0.2) is 12.4 Å². The van der Waals surface area contributed by atoms with Crippen molar-refractivity contribution in [3.63, 3.8) is 0 Å². The van der Waals surface area contributed by atoms with Gasteiger partial charge >= 0.3 is 0 Å². The summed E-state index contributed by atoms with van der Waals surface area (Å²) in [4.78, 5) is 0. The predicted molar refractivity (Wildman–Crippen MR) is 59.0 cm³/mol. The standard InChI is InChI=1S/C11H17N3O2/c12-9-6-13-14(7-9)10-1-3-16-11(5-10)2-4-15-8-11/h6-7,10H,1-5,8,12H2. The Labute approximate surface area is 94.5 Å². The Balaban J connectivity index is 1.77. The van der Waals surface area contributed by atoms with Crippen molar-refractivity contribution in [3.8, 4) is 0 Å². The molecule has 2 N–H and O–H groups in total. The van der Waals surface area contributed by atoms with Gasteiger partial charge in [0.05, 0.1) is 30.1 Å². The number of nitrogens with two attached hydrogens (primary N) is 1. The minimum atomic E-state index is -0.0658. The fourth-order valence-electron chi connectivity index (χ4n) is 2.64. The fourth-order valence-corrected chi connectivity index (χ4v) is 2.64. The van der Waals surface area contributed by atoms with Gasteiger partial charge in [-0.1, -0.05) is 0 Å². The predicted octanol–water partition coefficient (Wildman–Crippen LogP) is 0.976. The maximum Gasteiger partial charge on any atom is 0.0957 e. The topological polar surface area (TPSA) is 62.3 Å². The molecule has 2 atom stereocenters. The summed E-state index contributed by atoms with van der Waals surface area (Å²) in [7, 11) is 0. The number of rotatable bonds is 1. The Kier molecular flexibility index (Phi) is 2.37. The van der Waals surface area contributed by atoms with Crippen LogP contribution in [0.3, 0.4) is 0 Å². The van der Waals surface area contributed by atoms with Crippen molar-refractivity contribution in [1.82, 2.24) is 9.78 Å². The van der Waals surface area contributed by atoms with Crippen LogP contribution in [0.5, 0.6) is 0 Å². The molecule has 88 valence electrons. The molecule has 16 heavy (non-hydrogen) atoms. The maximum atomic E-state index is 5.89. The van der Waals surface area contributed by atoms with Crippen molar-refractivity contribution < 1.29 is 9.47 Å². The largest absolute Gasteiger partial charge is 0.396 e. The SMILES string of the molecule is Nc1cnn(C2CCOC3(CCOC3)C2)c1. The van der Waals surface area contributed by atoms with Crippen LogP contribution in [-0.4, -0.2) is 35.2 Å². The van der Waals surface area contributed by atoms with Gasteiger partial charge in [0, 0.05) is 32.3 Å². The van der Waals surface area contributed by atoms with E-state index in [-0.39, 0.29) is 5.60 Å². The quantitative estimate of drug-likeness (QED) is 0.770. The summed E-state index contributed by atoms with van der Waals surface area (Å²) in [5, 5.41) is 4.29. The Morgan fingerprint density at radius 2 is 2.44 bits per heavy atom. The molecule has 2 aliphatic heterocycles. The fraction of sp³-hybridized carbons (Fsp3) is 0.727. The van der Waals surface area contributed by atoms with E-state index < -0.39 is 0 Å². The minimum Gasteiger partial charge on any atom is -0.396 e. The number of hydrogen-bond donors (Lipinski definition) is 1. The Bertz CT molecular complexity index is 371. The number of hydrogen-bond acceptors (Lipinski definition) is 4. The molecule has 1 spiro atoms. The highest BCUT2D eigenvalue weighted by Gasteiger charge is 2.41. The average molecular weight is 223 g/mol. The monoisotopic (exact) mass is 223 g/mol. The highest BCUT2D eigenvalue weighted by atomic mass is 16.6. The lowest BCUT2D eigenvalue weighted by Crippen LogP contribution is -2.41. The second-order valence-electron chi connectivity index (χ2n) is 4.73. The molecule has 1 aromatic rings. The molecule has 0 bridgehead atoms. The lowest BCUT2D eigenvalue weighted by atomic mass is 9.90. The molecular weight excluding hydrogens is 206 g/mol. The Morgan fingerprint density at radius 3 is 3.12 bits per heavy atom. The van der Waals surface area contributed by atoms with Crippen molar-refractivity contribution >= 4 is 5.69 Å². The van der Waals surface area contributed by atoms with Gasteiger partial charge in [-0.3, -0.25) is 4.68 Å². The average Bonchev–Trinajstić information content (AvgIpc) is 2.89. The molecule has 2 fully saturated rings. The van der Waals surface area contributed by atoms with Crippen LogP contribution in [0.1, 0.15) is 25.3 Å². The normalized spacial score (nSPS) is 34.6. The summed E-state index contributed by atoms with van der Waals surface area (Å²) in [6, 6.07) is 0.396. The third-order valence-electron chi connectivity index (χ3n) is 3.53. The Morgan fingerprint density at radius 1 is 1.50 bits per heavy atom. The third-order valence-corrected chi connectivity index (χ3v) is 3.53. The van der Waals surface area contributed by atoms with Crippen LogP contribution < -0.4 is 5.73 Å². The number of ether oxygens (including phenoxy) is 2. The smallest absolute Gasteiger partial charge is 0.0957 e. The molecule has 5 heteroatoms. The molecule has 3 rings (SSSR count). The van der Waals surface area contributed by atoms with E-state index in [1.54, 1.807) is 6.20 Å². The van der Waals surface area contributed by atoms with Crippen molar-refractivity contribution in [2.45, 2.75) is 30.9 Å². The first kappa shape index (κ1) is 10.1. The number of anilines is 1. The number of aromatic nitrogens is 2. The second-order valence-corrected chi connectivity index (χ2v) is 4.73. The second kappa shape index (κ2) is 3.75. The lowest BCUT2D eigenvalue weighted by molar-refractivity contribution is -0.0962.